The molecule has 0 saturated heterocycles. The fraction of sp³-hybridized carbons (Fsp3) is 0.722. The van der Waals surface area contributed by atoms with E-state index in [0.717, 1.165) is 38.1 Å². The third-order valence-corrected chi connectivity index (χ3v) is 5.04. The second-order valence-electron chi connectivity index (χ2n) is 8.01. The molecular formula is C18H35N2O2Ti. The normalized spacial score (nSPS) is 20.9. The predicted octanol–water partition coefficient (Wildman–Crippen LogP) is 3.54. The molecule has 2 N–H and O–H groups in total. The molecule has 0 aromatic heterocycles. The van der Waals surface area contributed by atoms with Crippen LogP contribution in [0.3, 0.4) is 0 Å². The third-order valence-electron chi connectivity index (χ3n) is 5.04. The van der Waals surface area contributed by atoms with E-state index >= 15 is 0 Å². The van der Waals surface area contributed by atoms with Crippen LogP contribution in [-0.4, -0.2) is 18.9 Å². The summed E-state index contributed by atoms with van der Waals surface area (Å²) in [6, 6.07) is 1.11. The zero-order chi connectivity index (χ0) is 15.6. The smallest absolute Gasteiger partial charge is 0.505 e. The van der Waals surface area contributed by atoms with Gasteiger partial charge in [-0.3, -0.25) is 9.59 Å². The molecule has 1 fully saturated rings. The summed E-state index contributed by atoms with van der Waals surface area (Å²) < 4.78 is 0. The van der Waals surface area contributed by atoms with Crippen LogP contribution in [0.25, 0.3) is 0 Å². The van der Waals surface area contributed by atoms with Gasteiger partial charge in [0, 0.05) is 6.04 Å². The first-order valence-corrected chi connectivity index (χ1v) is 7.32. The van der Waals surface area contributed by atoms with Gasteiger partial charge in [0.05, 0.1) is 0 Å². The molecule has 1 saturated carbocycles. The summed E-state index contributed by atoms with van der Waals surface area (Å²) in [5.41, 5.74) is 0.166. The van der Waals surface area contributed by atoms with Crippen LogP contribution in [0.15, 0.2) is 0 Å². The summed E-state index contributed by atoms with van der Waals surface area (Å²) in [5.74, 6) is 0. The van der Waals surface area contributed by atoms with Crippen molar-refractivity contribution in [2.75, 3.05) is 0 Å². The monoisotopic (exact) mass is 359 g/mol. The van der Waals surface area contributed by atoms with Gasteiger partial charge in [0.15, 0.2) is 6.41 Å². The largest absolute Gasteiger partial charge is 3.00 e. The molecule has 1 rings (SSSR count). The maximum absolute atomic E-state index is 10.8. The second-order valence-corrected chi connectivity index (χ2v) is 8.01. The Labute approximate surface area is 158 Å². The average molecular weight is 359 g/mol. The predicted molar refractivity (Wildman–Crippen MR) is 93.5 cm³/mol. The van der Waals surface area contributed by atoms with Crippen LogP contribution in [0.1, 0.15) is 60.8 Å². The van der Waals surface area contributed by atoms with E-state index in [9.17, 15) is 9.59 Å². The van der Waals surface area contributed by atoms with Gasteiger partial charge in [0.2, 0.25) is 6.41 Å². The molecule has 4 nitrogen and oxygen atoms in total. The number of nitrogens with one attached hydrogen (secondary N) is 2. The van der Waals surface area contributed by atoms with Crippen molar-refractivity contribution in [2.45, 2.75) is 66.8 Å². The van der Waals surface area contributed by atoms with Crippen LogP contribution in [0.4, 0.5) is 0 Å². The quantitative estimate of drug-likeness (QED) is 0.458. The van der Waals surface area contributed by atoms with E-state index in [1.807, 2.05) is 0 Å². The van der Waals surface area contributed by atoms with Gasteiger partial charge in [-0.25, -0.2) is 6.04 Å². The van der Waals surface area contributed by atoms with E-state index in [4.69, 9.17) is 0 Å². The molecule has 0 aliphatic heterocycles. The summed E-state index contributed by atoms with van der Waals surface area (Å²) in [4.78, 5) is 21.7. The van der Waals surface area contributed by atoms with Gasteiger partial charge < -0.3 is 25.5 Å². The first-order chi connectivity index (χ1) is 9.07. The average Bonchev–Trinajstić information content (AvgIpc) is 2.26. The summed E-state index contributed by atoms with van der Waals surface area (Å²) in [6.45, 7) is 13.5. The van der Waals surface area contributed by atoms with Crippen LogP contribution < -0.4 is 10.6 Å². The standard InChI is InChI=1S/C16H29N2O2.2CH3.Ti/c1-14(2,3)16(15(4,5)6)8-12(17-10-19)7-13(9-16)18-11-20;;;/h10-12H,7-9H2,1-6H3,(H,17,19)(H,18,20);2*1H3;/q3*-1;+3. The molecule has 0 aromatic carbocycles. The number of rotatable bonds is 4. The Hall–Kier alpha value is -0.346. The fourth-order valence-electron chi connectivity index (χ4n) is 3.97. The maximum atomic E-state index is 10.8. The second kappa shape index (κ2) is 9.83. The Bertz CT molecular complexity index is 325. The molecular weight excluding hydrogens is 324 g/mol. The topological polar surface area (TPSA) is 58.2 Å². The van der Waals surface area contributed by atoms with Crippen molar-refractivity contribution in [3.63, 3.8) is 0 Å². The number of carbonyl (C=O) groups excluding carboxylic acids is 2. The van der Waals surface area contributed by atoms with Crippen LogP contribution in [0, 0.1) is 37.1 Å². The van der Waals surface area contributed by atoms with Gasteiger partial charge in [0.25, 0.3) is 0 Å². The number of carbonyl (C=O) groups is 2. The molecule has 1 radical (unpaired) electrons. The first-order valence-electron chi connectivity index (χ1n) is 7.32. The summed E-state index contributed by atoms with van der Waals surface area (Å²) in [6.07, 6.45) is 4.04. The van der Waals surface area contributed by atoms with Crippen LogP contribution in [-0.2, 0) is 31.3 Å². The molecule has 1 atom stereocenters. The van der Waals surface area contributed by atoms with Crippen LogP contribution in [0.5, 0.6) is 0 Å². The zero-order valence-electron chi connectivity index (χ0n) is 16.2. The minimum Gasteiger partial charge on any atom is -0.505 e. The van der Waals surface area contributed by atoms with Gasteiger partial charge in [0.1, 0.15) is 0 Å². The minimum atomic E-state index is 0. The van der Waals surface area contributed by atoms with Gasteiger partial charge in [-0.15, -0.1) is 6.42 Å². The van der Waals surface area contributed by atoms with E-state index in [-0.39, 0.29) is 58.9 Å². The Kier molecular flexibility index (Phi) is 11.8. The SMILES string of the molecule is CC(C)(C)C1(C(C)(C)C)C[C-](NC=O)CC(NC=O)C1.[CH3-].[CH3-].[Ti+3]. The Balaban J connectivity index is -0.00000133. The molecule has 0 spiro atoms. The van der Waals surface area contributed by atoms with E-state index < -0.39 is 0 Å². The molecule has 5 heteroatoms. The zero-order valence-corrected chi connectivity index (χ0v) is 17.7. The Morgan fingerprint density at radius 3 is 1.83 bits per heavy atom. The molecule has 133 valence electrons. The van der Waals surface area contributed by atoms with E-state index in [1.165, 1.54) is 0 Å². The summed E-state index contributed by atoms with van der Waals surface area (Å²) in [7, 11) is 0. The van der Waals surface area contributed by atoms with Crippen molar-refractivity contribution < 1.29 is 31.3 Å². The summed E-state index contributed by atoms with van der Waals surface area (Å²) >= 11 is 0. The van der Waals surface area contributed by atoms with E-state index in [1.54, 1.807) is 0 Å². The van der Waals surface area contributed by atoms with Gasteiger partial charge in [-0.05, 0) is 22.7 Å². The fourth-order valence-corrected chi connectivity index (χ4v) is 3.97. The Morgan fingerprint density at radius 1 is 1.00 bits per heavy atom. The van der Waals surface area contributed by atoms with Crippen molar-refractivity contribution in [3.05, 3.63) is 20.9 Å². The van der Waals surface area contributed by atoms with Crippen LogP contribution in [0.2, 0.25) is 0 Å². The summed E-state index contributed by atoms with van der Waals surface area (Å²) in [5, 5.41) is 5.77. The van der Waals surface area contributed by atoms with Crippen molar-refractivity contribution in [3.8, 4) is 0 Å². The van der Waals surface area contributed by atoms with Crippen molar-refractivity contribution in [2.24, 2.45) is 16.2 Å². The van der Waals surface area contributed by atoms with Gasteiger partial charge in [-0.1, -0.05) is 41.5 Å². The first kappa shape index (κ1) is 27.5. The molecule has 1 aliphatic rings. The van der Waals surface area contributed by atoms with Crippen LogP contribution >= 0.6 is 0 Å². The minimum absolute atomic E-state index is 0. The van der Waals surface area contributed by atoms with Gasteiger partial charge >= 0.3 is 21.7 Å². The third kappa shape index (κ3) is 5.90. The maximum Gasteiger partial charge on any atom is 3.00 e. The molecule has 0 aromatic rings. The number of amides is 2. The number of hydrogen-bond acceptors (Lipinski definition) is 2. The van der Waals surface area contributed by atoms with Crippen molar-refractivity contribution >= 4 is 12.8 Å². The van der Waals surface area contributed by atoms with Crippen molar-refractivity contribution in [1.82, 2.24) is 10.6 Å². The molecule has 2 amide bonds. The van der Waals surface area contributed by atoms with E-state index in [2.05, 4.69) is 52.2 Å². The molecule has 1 unspecified atom stereocenters. The molecule has 23 heavy (non-hydrogen) atoms. The molecule has 0 heterocycles. The molecule has 0 bridgehead atoms. The van der Waals surface area contributed by atoms with Gasteiger partial charge in [-0.2, -0.15) is 6.42 Å². The molecule has 1 aliphatic carbocycles. The van der Waals surface area contributed by atoms with Crippen molar-refractivity contribution in [1.29, 1.82) is 0 Å². The van der Waals surface area contributed by atoms with E-state index in [0.29, 0.717) is 0 Å². The number of hydrogen-bond donors (Lipinski definition) is 2. The Morgan fingerprint density at radius 2 is 1.48 bits per heavy atom.